The second kappa shape index (κ2) is 7.85. The number of hydrogen-bond acceptors (Lipinski definition) is 4. The van der Waals surface area contributed by atoms with Gasteiger partial charge in [-0.05, 0) is 17.7 Å². The summed E-state index contributed by atoms with van der Waals surface area (Å²) in [4.78, 5) is 11.8. The van der Waals surface area contributed by atoms with Crippen LogP contribution in [0.25, 0.3) is 0 Å². The van der Waals surface area contributed by atoms with Crippen molar-refractivity contribution in [3.05, 3.63) is 28.8 Å². The Hall–Kier alpha value is -0.620. The van der Waals surface area contributed by atoms with Crippen molar-refractivity contribution in [2.75, 3.05) is 18.7 Å². The smallest absolute Gasteiger partial charge is 0.238 e. The Labute approximate surface area is 128 Å². The summed E-state index contributed by atoms with van der Waals surface area (Å²) in [5.74, 6) is 2.34. The molecule has 1 amide bonds. The van der Waals surface area contributed by atoms with Gasteiger partial charge in [-0.25, -0.2) is 0 Å². The van der Waals surface area contributed by atoms with E-state index in [4.69, 9.17) is 16.3 Å². The van der Waals surface area contributed by atoms with Gasteiger partial charge in [0.15, 0.2) is 0 Å². The van der Waals surface area contributed by atoms with E-state index >= 15 is 0 Å². The minimum absolute atomic E-state index is 0. The lowest BCUT2D eigenvalue weighted by Crippen LogP contribution is -2.41. The van der Waals surface area contributed by atoms with E-state index in [1.165, 1.54) is 0 Å². The van der Waals surface area contributed by atoms with Gasteiger partial charge in [0.25, 0.3) is 0 Å². The lowest BCUT2D eigenvalue weighted by Gasteiger charge is -2.11. The summed E-state index contributed by atoms with van der Waals surface area (Å²) in [5.41, 5.74) is 0.958. The largest absolute Gasteiger partial charge is 0.495 e. The maximum atomic E-state index is 11.8. The van der Waals surface area contributed by atoms with Crippen molar-refractivity contribution in [3.63, 3.8) is 0 Å². The zero-order chi connectivity index (χ0) is 13.0. The normalized spacial score (nSPS) is 17.7. The van der Waals surface area contributed by atoms with E-state index in [0.29, 0.717) is 17.3 Å². The molecule has 7 heteroatoms. The molecule has 0 spiro atoms. The predicted molar refractivity (Wildman–Crippen MR) is 81.3 cm³/mol. The number of hydrogen-bond donors (Lipinski definition) is 2. The van der Waals surface area contributed by atoms with Gasteiger partial charge < -0.3 is 10.1 Å². The molecule has 0 saturated carbocycles. The minimum atomic E-state index is -0.0799. The second-order valence-corrected chi connectivity index (χ2v) is 5.40. The van der Waals surface area contributed by atoms with Gasteiger partial charge in [-0.3, -0.25) is 10.1 Å². The Morgan fingerprint density at radius 1 is 1.63 bits per heavy atom. The van der Waals surface area contributed by atoms with Gasteiger partial charge in [0.2, 0.25) is 5.91 Å². The average molecular weight is 323 g/mol. The number of halogens is 2. The molecular formula is C12H16Cl2N2O2S. The summed E-state index contributed by atoms with van der Waals surface area (Å²) >= 11 is 7.75. The van der Waals surface area contributed by atoms with E-state index in [0.717, 1.165) is 17.2 Å². The summed E-state index contributed by atoms with van der Waals surface area (Å²) in [5, 5.41) is 6.57. The molecule has 2 N–H and O–H groups in total. The van der Waals surface area contributed by atoms with Gasteiger partial charge in [-0.15, -0.1) is 24.2 Å². The highest BCUT2D eigenvalue weighted by molar-refractivity contribution is 7.99. The SMILES string of the molecule is COc1ccc(CNC(=O)C2CSCN2)cc1Cl.Cl. The first-order valence-corrected chi connectivity index (χ1v) is 7.15. The van der Waals surface area contributed by atoms with Gasteiger partial charge >= 0.3 is 0 Å². The van der Waals surface area contributed by atoms with E-state index in [2.05, 4.69) is 10.6 Å². The van der Waals surface area contributed by atoms with Crippen LogP contribution in [-0.2, 0) is 11.3 Å². The quantitative estimate of drug-likeness (QED) is 0.890. The van der Waals surface area contributed by atoms with Crippen LogP contribution >= 0.6 is 35.8 Å². The topological polar surface area (TPSA) is 50.4 Å². The molecule has 1 aliphatic rings. The van der Waals surface area contributed by atoms with E-state index in [1.54, 1.807) is 31.0 Å². The van der Waals surface area contributed by atoms with Crippen LogP contribution in [0.2, 0.25) is 5.02 Å². The zero-order valence-electron chi connectivity index (χ0n) is 10.4. The first-order valence-electron chi connectivity index (χ1n) is 5.62. The van der Waals surface area contributed by atoms with Crippen molar-refractivity contribution in [2.45, 2.75) is 12.6 Å². The Balaban J connectivity index is 0.00000180. The van der Waals surface area contributed by atoms with Crippen molar-refractivity contribution in [1.29, 1.82) is 0 Å². The fourth-order valence-electron chi connectivity index (χ4n) is 1.70. The van der Waals surface area contributed by atoms with Gasteiger partial charge in [0.05, 0.1) is 18.2 Å². The van der Waals surface area contributed by atoms with Gasteiger partial charge in [-0.2, -0.15) is 0 Å². The third-order valence-electron chi connectivity index (χ3n) is 2.72. The summed E-state index contributed by atoms with van der Waals surface area (Å²) in [6, 6.07) is 5.41. The molecule has 19 heavy (non-hydrogen) atoms. The van der Waals surface area contributed by atoms with Crippen LogP contribution in [0.3, 0.4) is 0 Å². The lowest BCUT2D eigenvalue weighted by atomic mass is 10.2. The standard InChI is InChI=1S/C12H15ClN2O2S.ClH/c1-17-11-3-2-8(4-9(11)13)5-14-12(16)10-6-18-7-15-10;/h2-4,10,15H,5-7H2,1H3,(H,14,16);1H. The van der Waals surface area contributed by atoms with E-state index in [-0.39, 0.29) is 24.4 Å². The van der Waals surface area contributed by atoms with E-state index in [9.17, 15) is 4.79 Å². The molecule has 0 aliphatic carbocycles. The second-order valence-electron chi connectivity index (χ2n) is 3.96. The van der Waals surface area contributed by atoms with Crippen molar-refractivity contribution in [1.82, 2.24) is 10.6 Å². The number of rotatable bonds is 4. The van der Waals surface area contributed by atoms with E-state index < -0.39 is 0 Å². The molecule has 1 heterocycles. The predicted octanol–water partition coefficient (Wildman–Crippen LogP) is 2.05. The number of thioether (sulfide) groups is 1. The van der Waals surface area contributed by atoms with Crippen LogP contribution in [0.5, 0.6) is 5.75 Å². The molecule has 1 aliphatic heterocycles. The summed E-state index contributed by atoms with van der Waals surface area (Å²) in [6.07, 6.45) is 0. The van der Waals surface area contributed by atoms with Gasteiger partial charge in [0.1, 0.15) is 5.75 Å². The number of amides is 1. The van der Waals surface area contributed by atoms with Crippen LogP contribution in [0.15, 0.2) is 18.2 Å². The molecule has 1 aromatic carbocycles. The molecule has 1 atom stereocenters. The van der Waals surface area contributed by atoms with Gasteiger partial charge in [-0.1, -0.05) is 17.7 Å². The molecule has 4 nitrogen and oxygen atoms in total. The molecule has 0 radical (unpaired) electrons. The highest BCUT2D eigenvalue weighted by Crippen LogP contribution is 2.24. The minimum Gasteiger partial charge on any atom is -0.495 e. The third kappa shape index (κ3) is 4.45. The fourth-order valence-corrected chi connectivity index (χ4v) is 2.92. The van der Waals surface area contributed by atoms with Crippen molar-refractivity contribution in [2.24, 2.45) is 0 Å². The molecule has 1 unspecified atom stereocenters. The van der Waals surface area contributed by atoms with Crippen molar-refractivity contribution >= 4 is 41.7 Å². The molecule has 1 fully saturated rings. The summed E-state index contributed by atoms with van der Waals surface area (Å²) in [6.45, 7) is 0.478. The molecule has 1 saturated heterocycles. The van der Waals surface area contributed by atoms with Crippen LogP contribution < -0.4 is 15.4 Å². The average Bonchev–Trinajstić information content (AvgIpc) is 2.90. The van der Waals surface area contributed by atoms with E-state index in [1.807, 2.05) is 6.07 Å². The van der Waals surface area contributed by atoms with Gasteiger partial charge in [0, 0.05) is 18.2 Å². The van der Waals surface area contributed by atoms with Crippen LogP contribution in [-0.4, -0.2) is 30.7 Å². The molecule has 0 bridgehead atoms. The third-order valence-corrected chi connectivity index (χ3v) is 3.95. The first-order chi connectivity index (χ1) is 8.70. The van der Waals surface area contributed by atoms with Crippen LogP contribution in [0, 0.1) is 0 Å². The number of nitrogens with one attached hydrogen (secondary N) is 2. The number of carbonyl (C=O) groups is 1. The maximum absolute atomic E-state index is 11.8. The number of methoxy groups -OCH3 is 1. The number of benzene rings is 1. The fraction of sp³-hybridized carbons (Fsp3) is 0.417. The monoisotopic (exact) mass is 322 g/mol. The number of carbonyl (C=O) groups excluding carboxylic acids is 1. The maximum Gasteiger partial charge on any atom is 0.238 e. The first kappa shape index (κ1) is 16.4. The Kier molecular flexibility index (Phi) is 6.79. The molecule has 0 aromatic heterocycles. The van der Waals surface area contributed by atoms with Crippen LogP contribution in [0.1, 0.15) is 5.56 Å². The Bertz CT molecular complexity index is 440. The number of ether oxygens (including phenoxy) is 1. The summed E-state index contributed by atoms with van der Waals surface area (Å²) in [7, 11) is 1.58. The molecule has 106 valence electrons. The highest BCUT2D eigenvalue weighted by Gasteiger charge is 2.21. The lowest BCUT2D eigenvalue weighted by molar-refractivity contribution is -0.122. The van der Waals surface area contributed by atoms with Crippen LogP contribution in [0.4, 0.5) is 0 Å². The van der Waals surface area contributed by atoms with Crippen molar-refractivity contribution in [3.8, 4) is 5.75 Å². The Morgan fingerprint density at radius 2 is 2.42 bits per heavy atom. The van der Waals surface area contributed by atoms with Crippen molar-refractivity contribution < 1.29 is 9.53 Å². The molecule has 2 rings (SSSR count). The highest BCUT2D eigenvalue weighted by atomic mass is 35.5. The summed E-state index contributed by atoms with van der Waals surface area (Å²) < 4.78 is 5.07. The molecular weight excluding hydrogens is 307 g/mol. The molecule has 1 aromatic rings. The zero-order valence-corrected chi connectivity index (χ0v) is 12.8. The Morgan fingerprint density at radius 3 is 3.00 bits per heavy atom.